The number of halogens is 2. The van der Waals surface area contributed by atoms with Crippen LogP contribution < -0.4 is 5.32 Å². The Morgan fingerprint density at radius 2 is 2.16 bits per heavy atom. The first-order valence-electron chi connectivity index (χ1n) is 6.55. The Morgan fingerprint density at radius 1 is 1.42 bits per heavy atom. The van der Waals surface area contributed by atoms with E-state index in [4.69, 9.17) is 23.2 Å². The van der Waals surface area contributed by atoms with Crippen LogP contribution in [-0.4, -0.2) is 29.5 Å². The van der Waals surface area contributed by atoms with Gasteiger partial charge >= 0.3 is 0 Å². The van der Waals surface area contributed by atoms with Crippen LogP contribution in [0.5, 0.6) is 0 Å². The quantitative estimate of drug-likeness (QED) is 0.749. The number of hydrogen-bond acceptors (Lipinski definition) is 3. The summed E-state index contributed by atoms with van der Waals surface area (Å²) in [7, 11) is 0. The molecule has 1 aromatic carbocycles. The van der Waals surface area contributed by atoms with E-state index in [2.05, 4.69) is 12.2 Å². The number of aliphatic hydroxyl groups excluding tert-OH is 1. The van der Waals surface area contributed by atoms with E-state index in [-0.39, 0.29) is 12.1 Å². The van der Waals surface area contributed by atoms with Gasteiger partial charge in [0.25, 0.3) is 0 Å². The summed E-state index contributed by atoms with van der Waals surface area (Å²) in [5.74, 6) is 1.38. The fourth-order valence-electron chi connectivity index (χ4n) is 2.33. The predicted octanol–water partition coefficient (Wildman–Crippen LogP) is 3.84. The summed E-state index contributed by atoms with van der Waals surface area (Å²) < 4.78 is 0. The lowest BCUT2D eigenvalue weighted by molar-refractivity contribution is 0.161. The van der Waals surface area contributed by atoms with Crippen LogP contribution >= 0.6 is 35.0 Å². The normalized spacial score (nSPS) is 18.3. The van der Waals surface area contributed by atoms with Gasteiger partial charge in [0.2, 0.25) is 0 Å². The number of rotatable bonds is 7. The van der Waals surface area contributed by atoms with E-state index in [1.807, 2.05) is 12.1 Å². The minimum Gasteiger partial charge on any atom is -0.394 e. The maximum absolute atomic E-state index is 9.79. The van der Waals surface area contributed by atoms with Gasteiger partial charge in [-0.3, -0.25) is 0 Å². The average molecular weight is 320 g/mol. The monoisotopic (exact) mass is 319 g/mol. The van der Waals surface area contributed by atoms with Gasteiger partial charge in [-0.1, -0.05) is 30.1 Å². The summed E-state index contributed by atoms with van der Waals surface area (Å²) in [6, 6.07) is 5.49. The highest BCUT2D eigenvalue weighted by Gasteiger charge is 2.44. The Morgan fingerprint density at radius 3 is 2.74 bits per heavy atom. The summed E-state index contributed by atoms with van der Waals surface area (Å²) >= 11 is 13.8. The van der Waals surface area contributed by atoms with Gasteiger partial charge < -0.3 is 10.4 Å². The highest BCUT2D eigenvalue weighted by Crippen LogP contribution is 2.43. The third-order valence-corrected chi connectivity index (χ3v) is 5.53. The minimum atomic E-state index is -0.189. The largest absolute Gasteiger partial charge is 0.394 e. The van der Waals surface area contributed by atoms with Crippen LogP contribution in [0.3, 0.4) is 0 Å². The van der Waals surface area contributed by atoms with E-state index in [0.717, 1.165) is 17.2 Å². The van der Waals surface area contributed by atoms with Crippen molar-refractivity contribution in [3.63, 3.8) is 0 Å². The van der Waals surface area contributed by atoms with E-state index in [1.54, 1.807) is 17.8 Å². The number of hydrogen-bond donors (Lipinski definition) is 2. The standard InChI is InChI=1S/C14H19Cl2NOS/c1-2-17-14(8-18,10-3-4-10)9-19-13-7-11(15)5-6-12(13)16/h5-7,10,17-18H,2-4,8-9H2,1H3. The molecule has 2 rings (SSSR count). The van der Waals surface area contributed by atoms with Crippen molar-refractivity contribution in [2.75, 3.05) is 18.9 Å². The molecule has 0 heterocycles. The van der Waals surface area contributed by atoms with E-state index >= 15 is 0 Å². The summed E-state index contributed by atoms with van der Waals surface area (Å²) in [6.45, 7) is 3.10. The van der Waals surface area contributed by atoms with Crippen LogP contribution in [0.15, 0.2) is 23.1 Å². The molecule has 1 aromatic rings. The van der Waals surface area contributed by atoms with Gasteiger partial charge in [-0.15, -0.1) is 11.8 Å². The minimum absolute atomic E-state index is 0.163. The second kappa shape index (κ2) is 6.68. The van der Waals surface area contributed by atoms with E-state index < -0.39 is 0 Å². The first-order valence-corrected chi connectivity index (χ1v) is 8.29. The van der Waals surface area contributed by atoms with Crippen LogP contribution in [0.25, 0.3) is 0 Å². The molecule has 0 aliphatic heterocycles. The summed E-state index contributed by atoms with van der Waals surface area (Å²) in [4.78, 5) is 0.977. The maximum atomic E-state index is 9.79. The molecule has 1 atom stereocenters. The van der Waals surface area contributed by atoms with Crippen LogP contribution in [0, 0.1) is 5.92 Å². The zero-order valence-electron chi connectivity index (χ0n) is 11.0. The average Bonchev–Trinajstić information content (AvgIpc) is 3.23. The second-order valence-corrected chi connectivity index (χ2v) is 6.84. The van der Waals surface area contributed by atoms with Crippen molar-refractivity contribution in [2.45, 2.75) is 30.2 Å². The molecule has 0 amide bonds. The Hall–Kier alpha value is 0.0700. The predicted molar refractivity (Wildman–Crippen MR) is 83.4 cm³/mol. The van der Waals surface area contributed by atoms with E-state index in [9.17, 15) is 5.11 Å². The first kappa shape index (κ1) is 15.5. The van der Waals surface area contributed by atoms with Crippen LogP contribution in [0.1, 0.15) is 19.8 Å². The van der Waals surface area contributed by atoms with Gasteiger partial charge in [0.15, 0.2) is 0 Å². The molecule has 0 radical (unpaired) electrons. The molecule has 0 bridgehead atoms. The maximum Gasteiger partial charge on any atom is 0.0624 e. The molecule has 2 nitrogen and oxygen atoms in total. The number of thioether (sulfide) groups is 1. The molecule has 1 saturated carbocycles. The molecule has 1 fully saturated rings. The number of aliphatic hydroxyl groups is 1. The molecule has 1 unspecified atom stereocenters. The van der Waals surface area contributed by atoms with Crippen molar-refractivity contribution in [1.82, 2.24) is 5.32 Å². The Balaban J connectivity index is 2.07. The Kier molecular flexibility index (Phi) is 5.44. The summed E-state index contributed by atoms with van der Waals surface area (Å²) in [5, 5.41) is 14.7. The van der Waals surface area contributed by atoms with Crippen molar-refractivity contribution in [1.29, 1.82) is 0 Å². The fraction of sp³-hybridized carbons (Fsp3) is 0.571. The van der Waals surface area contributed by atoms with E-state index in [0.29, 0.717) is 16.0 Å². The molecule has 19 heavy (non-hydrogen) atoms. The molecule has 2 N–H and O–H groups in total. The molecule has 0 saturated heterocycles. The van der Waals surface area contributed by atoms with Crippen molar-refractivity contribution in [3.8, 4) is 0 Å². The Labute approximate surface area is 128 Å². The Bertz CT molecular complexity index is 439. The molecule has 5 heteroatoms. The molecule has 1 aliphatic carbocycles. The molecular weight excluding hydrogens is 301 g/mol. The molecule has 106 valence electrons. The summed E-state index contributed by atoms with van der Waals surface area (Å²) in [5.41, 5.74) is -0.189. The zero-order valence-corrected chi connectivity index (χ0v) is 13.3. The topological polar surface area (TPSA) is 32.3 Å². The molecule has 1 aliphatic rings. The van der Waals surface area contributed by atoms with Crippen LogP contribution in [0.2, 0.25) is 10.0 Å². The lowest BCUT2D eigenvalue weighted by Crippen LogP contribution is -2.52. The highest BCUT2D eigenvalue weighted by atomic mass is 35.5. The first-order chi connectivity index (χ1) is 9.11. The van der Waals surface area contributed by atoms with Crippen molar-refractivity contribution in [3.05, 3.63) is 28.2 Å². The lowest BCUT2D eigenvalue weighted by atomic mass is 9.97. The molecule has 0 aromatic heterocycles. The third-order valence-electron chi connectivity index (χ3n) is 3.55. The van der Waals surface area contributed by atoms with Gasteiger partial charge in [0, 0.05) is 15.7 Å². The second-order valence-electron chi connectivity index (χ2n) is 4.98. The van der Waals surface area contributed by atoms with Crippen LogP contribution in [-0.2, 0) is 0 Å². The van der Waals surface area contributed by atoms with E-state index in [1.165, 1.54) is 12.8 Å². The zero-order chi connectivity index (χ0) is 13.9. The smallest absolute Gasteiger partial charge is 0.0624 e. The van der Waals surface area contributed by atoms with Crippen LogP contribution in [0.4, 0.5) is 0 Å². The van der Waals surface area contributed by atoms with Gasteiger partial charge in [-0.25, -0.2) is 0 Å². The molecule has 0 spiro atoms. The van der Waals surface area contributed by atoms with Gasteiger partial charge in [-0.2, -0.15) is 0 Å². The van der Waals surface area contributed by atoms with Crippen molar-refractivity contribution >= 4 is 35.0 Å². The van der Waals surface area contributed by atoms with Crippen molar-refractivity contribution in [2.24, 2.45) is 5.92 Å². The SMILES string of the molecule is CCNC(CO)(CSc1cc(Cl)ccc1Cl)C1CC1. The highest BCUT2D eigenvalue weighted by molar-refractivity contribution is 7.99. The third kappa shape index (κ3) is 3.79. The van der Waals surface area contributed by atoms with Gasteiger partial charge in [0.05, 0.1) is 17.2 Å². The van der Waals surface area contributed by atoms with Gasteiger partial charge in [0.1, 0.15) is 0 Å². The van der Waals surface area contributed by atoms with Crippen molar-refractivity contribution < 1.29 is 5.11 Å². The van der Waals surface area contributed by atoms with Gasteiger partial charge in [-0.05, 0) is 43.5 Å². The summed E-state index contributed by atoms with van der Waals surface area (Å²) in [6.07, 6.45) is 2.38. The number of likely N-dealkylation sites (N-methyl/N-ethyl adjacent to an activating group) is 1. The number of benzene rings is 1. The fourth-order valence-corrected chi connectivity index (χ4v) is 4.10. The molecular formula is C14H19Cl2NOS. The lowest BCUT2D eigenvalue weighted by Gasteiger charge is -2.33. The number of nitrogens with one attached hydrogen (secondary N) is 1.